The normalized spacial score (nSPS) is 18.8. The standard InChI is InChI=1S/C18H20N2O2/c1-14(10-15-6-3-2-4-7-15)11-16(12-19)18(21)20-13-17-8-5-9-22-17/h2-4,6-7,10-11,17H,5,8-9,13H2,1H3,(H,20,21)/b14-10+,16-11+/t17-/m1/s1. The van der Waals surface area contributed by atoms with Gasteiger partial charge < -0.3 is 10.1 Å². The molecule has 0 unspecified atom stereocenters. The van der Waals surface area contributed by atoms with Crippen LogP contribution in [0, 0.1) is 11.3 Å². The number of hydrogen-bond acceptors (Lipinski definition) is 3. The Morgan fingerprint density at radius 3 is 2.86 bits per heavy atom. The Bertz CT molecular complexity index is 606. The van der Waals surface area contributed by atoms with Gasteiger partial charge in [-0.1, -0.05) is 36.4 Å². The van der Waals surface area contributed by atoms with Crippen LogP contribution in [-0.2, 0) is 9.53 Å². The number of rotatable bonds is 5. The Morgan fingerprint density at radius 2 is 2.23 bits per heavy atom. The van der Waals surface area contributed by atoms with E-state index in [4.69, 9.17) is 10.00 Å². The zero-order valence-corrected chi connectivity index (χ0v) is 12.7. The van der Waals surface area contributed by atoms with E-state index in [1.54, 1.807) is 6.08 Å². The third kappa shape index (κ3) is 4.87. The molecule has 0 aliphatic carbocycles. The largest absolute Gasteiger partial charge is 0.376 e. The topological polar surface area (TPSA) is 62.1 Å². The lowest BCUT2D eigenvalue weighted by atomic mass is 10.1. The Morgan fingerprint density at radius 1 is 1.45 bits per heavy atom. The molecule has 4 nitrogen and oxygen atoms in total. The van der Waals surface area contributed by atoms with Crippen molar-refractivity contribution in [1.29, 1.82) is 5.26 Å². The summed E-state index contributed by atoms with van der Waals surface area (Å²) in [6.45, 7) is 3.08. The predicted octanol–water partition coefficient (Wildman–Crippen LogP) is 2.84. The van der Waals surface area contributed by atoms with E-state index in [1.807, 2.05) is 49.4 Å². The van der Waals surface area contributed by atoms with Crippen molar-refractivity contribution in [3.05, 3.63) is 53.1 Å². The number of benzene rings is 1. The second kappa shape index (κ2) is 8.16. The van der Waals surface area contributed by atoms with Gasteiger partial charge in [-0.2, -0.15) is 5.26 Å². The highest BCUT2D eigenvalue weighted by Gasteiger charge is 2.17. The first kappa shape index (κ1) is 16.0. The minimum absolute atomic E-state index is 0.0739. The first-order valence-electron chi connectivity index (χ1n) is 7.44. The Labute approximate surface area is 131 Å². The lowest BCUT2D eigenvalue weighted by molar-refractivity contribution is -0.117. The molecule has 0 radical (unpaired) electrons. The van der Waals surface area contributed by atoms with Crippen molar-refractivity contribution in [3.8, 4) is 6.07 Å². The van der Waals surface area contributed by atoms with E-state index in [1.165, 1.54) is 0 Å². The monoisotopic (exact) mass is 296 g/mol. The van der Waals surface area contributed by atoms with Crippen LogP contribution in [0.3, 0.4) is 0 Å². The second-order valence-corrected chi connectivity index (χ2v) is 5.31. The summed E-state index contributed by atoms with van der Waals surface area (Å²) >= 11 is 0. The molecule has 1 fully saturated rings. The molecule has 1 heterocycles. The Hall–Kier alpha value is -2.38. The first-order chi connectivity index (χ1) is 10.7. The van der Waals surface area contributed by atoms with Crippen LogP contribution < -0.4 is 5.32 Å². The van der Waals surface area contributed by atoms with Gasteiger partial charge in [0, 0.05) is 13.2 Å². The minimum atomic E-state index is -0.348. The molecule has 2 rings (SSSR count). The average Bonchev–Trinajstić information content (AvgIpc) is 3.04. The van der Waals surface area contributed by atoms with Crippen LogP contribution in [0.4, 0.5) is 0 Å². The van der Waals surface area contributed by atoms with Gasteiger partial charge in [0.05, 0.1) is 6.10 Å². The molecule has 1 amide bonds. The van der Waals surface area contributed by atoms with Gasteiger partial charge in [-0.05, 0) is 37.0 Å². The van der Waals surface area contributed by atoms with Gasteiger partial charge in [0.25, 0.3) is 5.91 Å². The van der Waals surface area contributed by atoms with Crippen LogP contribution in [0.2, 0.25) is 0 Å². The molecule has 1 aliphatic heterocycles. The quantitative estimate of drug-likeness (QED) is 0.516. The van der Waals surface area contributed by atoms with E-state index in [0.29, 0.717) is 6.54 Å². The number of carbonyl (C=O) groups excluding carboxylic acids is 1. The number of nitriles is 1. The first-order valence-corrected chi connectivity index (χ1v) is 7.44. The number of amides is 1. The Balaban J connectivity index is 1.98. The third-order valence-corrected chi connectivity index (χ3v) is 3.45. The predicted molar refractivity (Wildman–Crippen MR) is 85.8 cm³/mol. The zero-order chi connectivity index (χ0) is 15.8. The minimum Gasteiger partial charge on any atom is -0.376 e. The van der Waals surface area contributed by atoms with Crippen molar-refractivity contribution in [2.45, 2.75) is 25.9 Å². The van der Waals surface area contributed by atoms with E-state index in [-0.39, 0.29) is 17.6 Å². The summed E-state index contributed by atoms with van der Waals surface area (Å²) in [7, 11) is 0. The molecule has 1 aliphatic rings. The molecule has 0 aromatic heterocycles. The highest BCUT2D eigenvalue weighted by molar-refractivity contribution is 5.97. The van der Waals surface area contributed by atoms with E-state index in [0.717, 1.165) is 30.6 Å². The zero-order valence-electron chi connectivity index (χ0n) is 12.7. The maximum Gasteiger partial charge on any atom is 0.262 e. The molecule has 1 aromatic rings. The summed E-state index contributed by atoms with van der Waals surface area (Å²) < 4.78 is 5.45. The molecule has 1 aromatic carbocycles. The fourth-order valence-corrected chi connectivity index (χ4v) is 2.34. The summed E-state index contributed by atoms with van der Waals surface area (Å²) in [6.07, 6.45) is 5.60. The van der Waals surface area contributed by atoms with Crippen molar-refractivity contribution in [2.75, 3.05) is 13.2 Å². The third-order valence-electron chi connectivity index (χ3n) is 3.45. The summed E-state index contributed by atoms with van der Waals surface area (Å²) in [5, 5.41) is 11.9. The maximum absolute atomic E-state index is 12.0. The van der Waals surface area contributed by atoms with Gasteiger partial charge in [0.1, 0.15) is 11.6 Å². The molecule has 22 heavy (non-hydrogen) atoms. The van der Waals surface area contributed by atoms with Gasteiger partial charge >= 0.3 is 0 Å². The molecular formula is C18H20N2O2. The van der Waals surface area contributed by atoms with Gasteiger partial charge in [0.15, 0.2) is 0 Å². The molecule has 0 spiro atoms. The van der Waals surface area contributed by atoms with Gasteiger partial charge in [-0.3, -0.25) is 4.79 Å². The number of ether oxygens (including phenoxy) is 1. The smallest absolute Gasteiger partial charge is 0.262 e. The molecule has 4 heteroatoms. The van der Waals surface area contributed by atoms with Crippen LogP contribution in [0.1, 0.15) is 25.3 Å². The average molecular weight is 296 g/mol. The lowest BCUT2D eigenvalue weighted by Gasteiger charge is -2.10. The number of hydrogen-bond donors (Lipinski definition) is 1. The SMILES string of the molecule is CC(=C\c1ccccc1)/C=C(\C#N)C(=O)NC[C@H]1CCCO1. The van der Waals surface area contributed by atoms with Gasteiger partial charge in [-0.15, -0.1) is 0 Å². The summed E-state index contributed by atoms with van der Waals surface area (Å²) in [5.41, 5.74) is 2.01. The Kier molecular flexibility index (Phi) is 5.93. The second-order valence-electron chi connectivity index (χ2n) is 5.31. The van der Waals surface area contributed by atoms with E-state index in [9.17, 15) is 4.79 Å². The van der Waals surface area contributed by atoms with Crippen molar-refractivity contribution in [1.82, 2.24) is 5.32 Å². The maximum atomic E-state index is 12.0. The molecular weight excluding hydrogens is 276 g/mol. The molecule has 114 valence electrons. The van der Waals surface area contributed by atoms with Crippen molar-refractivity contribution in [3.63, 3.8) is 0 Å². The summed E-state index contributed by atoms with van der Waals surface area (Å²) in [5.74, 6) is -0.348. The lowest BCUT2D eigenvalue weighted by Crippen LogP contribution is -2.32. The van der Waals surface area contributed by atoms with Crippen molar-refractivity contribution < 1.29 is 9.53 Å². The fourth-order valence-electron chi connectivity index (χ4n) is 2.34. The van der Waals surface area contributed by atoms with Gasteiger partial charge in [0.2, 0.25) is 0 Å². The molecule has 1 N–H and O–H groups in total. The van der Waals surface area contributed by atoms with E-state index >= 15 is 0 Å². The van der Waals surface area contributed by atoms with Crippen LogP contribution >= 0.6 is 0 Å². The van der Waals surface area contributed by atoms with Crippen LogP contribution in [0.25, 0.3) is 6.08 Å². The van der Waals surface area contributed by atoms with E-state index in [2.05, 4.69) is 5.32 Å². The van der Waals surface area contributed by atoms with Gasteiger partial charge in [-0.25, -0.2) is 0 Å². The van der Waals surface area contributed by atoms with Crippen LogP contribution in [0.15, 0.2) is 47.6 Å². The molecule has 1 atom stereocenters. The highest BCUT2D eigenvalue weighted by atomic mass is 16.5. The fraction of sp³-hybridized carbons (Fsp3) is 0.333. The van der Waals surface area contributed by atoms with Crippen molar-refractivity contribution in [2.24, 2.45) is 0 Å². The summed E-state index contributed by atoms with van der Waals surface area (Å²) in [4.78, 5) is 12.0. The molecule has 0 bridgehead atoms. The van der Waals surface area contributed by atoms with Crippen molar-refractivity contribution >= 4 is 12.0 Å². The summed E-state index contributed by atoms with van der Waals surface area (Å²) in [6, 6.07) is 11.7. The number of nitrogens with one attached hydrogen (secondary N) is 1. The van der Waals surface area contributed by atoms with Crippen LogP contribution in [-0.4, -0.2) is 25.2 Å². The molecule has 0 saturated carbocycles. The number of nitrogens with zero attached hydrogens (tertiary/aromatic N) is 1. The van der Waals surface area contributed by atoms with E-state index < -0.39 is 0 Å². The molecule has 1 saturated heterocycles. The number of carbonyl (C=O) groups is 1. The van der Waals surface area contributed by atoms with Crippen LogP contribution in [0.5, 0.6) is 0 Å². The number of allylic oxidation sites excluding steroid dienone is 2. The highest BCUT2D eigenvalue weighted by Crippen LogP contribution is 2.12.